The molecule has 27 heavy (non-hydrogen) atoms. The Hall–Kier alpha value is -2.42. The number of anilines is 1. The fourth-order valence-electron chi connectivity index (χ4n) is 3.16. The summed E-state index contributed by atoms with van der Waals surface area (Å²) in [7, 11) is 0. The SMILES string of the molecule is Cc1nc(-c2ccc(N3CCN(CC(F)(F)F)C(C)C3)nc2)[nH]c(=O)c1C. The number of rotatable bonds is 3. The van der Waals surface area contributed by atoms with Crippen molar-refractivity contribution in [2.45, 2.75) is 33.0 Å². The third kappa shape index (κ3) is 4.47. The van der Waals surface area contributed by atoms with Crippen molar-refractivity contribution < 1.29 is 13.2 Å². The molecule has 2 aromatic rings. The molecule has 146 valence electrons. The number of H-pyrrole nitrogens is 1. The highest BCUT2D eigenvalue weighted by Gasteiger charge is 2.35. The van der Waals surface area contributed by atoms with Crippen molar-refractivity contribution in [3.63, 3.8) is 0 Å². The van der Waals surface area contributed by atoms with E-state index in [0.29, 0.717) is 48.1 Å². The average molecular weight is 381 g/mol. The summed E-state index contributed by atoms with van der Waals surface area (Å²) in [5.41, 5.74) is 1.74. The third-order valence-electron chi connectivity index (χ3n) is 4.89. The lowest BCUT2D eigenvalue weighted by atomic mass is 10.1. The number of aryl methyl sites for hydroxylation is 1. The second-order valence-electron chi connectivity index (χ2n) is 6.91. The Morgan fingerprint density at radius 2 is 2.00 bits per heavy atom. The minimum absolute atomic E-state index is 0.184. The van der Waals surface area contributed by atoms with Crippen LogP contribution in [0, 0.1) is 13.8 Å². The average Bonchev–Trinajstić information content (AvgIpc) is 2.60. The number of halogens is 3. The molecule has 1 aliphatic rings. The Bertz CT molecular complexity index is 863. The van der Waals surface area contributed by atoms with Gasteiger partial charge in [0.05, 0.1) is 6.54 Å². The second kappa shape index (κ2) is 7.30. The number of aromatic nitrogens is 3. The zero-order valence-corrected chi connectivity index (χ0v) is 15.5. The summed E-state index contributed by atoms with van der Waals surface area (Å²) in [5.74, 6) is 1.15. The first kappa shape index (κ1) is 19.3. The van der Waals surface area contributed by atoms with Crippen LogP contribution in [0.2, 0.25) is 0 Å². The first-order valence-corrected chi connectivity index (χ1v) is 8.74. The molecule has 0 bridgehead atoms. The molecule has 3 heterocycles. The van der Waals surface area contributed by atoms with Crippen LogP contribution in [0.15, 0.2) is 23.1 Å². The molecule has 1 aliphatic heterocycles. The Labute approximate surface area is 155 Å². The van der Waals surface area contributed by atoms with Crippen LogP contribution in [0.1, 0.15) is 18.2 Å². The van der Waals surface area contributed by atoms with Gasteiger partial charge in [-0.2, -0.15) is 13.2 Å². The van der Waals surface area contributed by atoms with E-state index < -0.39 is 12.7 Å². The van der Waals surface area contributed by atoms with E-state index in [-0.39, 0.29) is 11.6 Å². The van der Waals surface area contributed by atoms with Crippen LogP contribution in [0.3, 0.4) is 0 Å². The van der Waals surface area contributed by atoms with Crippen LogP contribution in [0.25, 0.3) is 11.4 Å². The molecule has 0 amide bonds. The fraction of sp³-hybridized carbons (Fsp3) is 0.500. The number of hydrogen-bond acceptors (Lipinski definition) is 5. The molecule has 3 rings (SSSR count). The molecule has 1 atom stereocenters. The van der Waals surface area contributed by atoms with E-state index in [1.807, 2.05) is 11.0 Å². The zero-order valence-electron chi connectivity index (χ0n) is 15.5. The summed E-state index contributed by atoms with van der Waals surface area (Å²) >= 11 is 0. The van der Waals surface area contributed by atoms with Crippen LogP contribution in [0.5, 0.6) is 0 Å². The summed E-state index contributed by atoms with van der Waals surface area (Å²) in [6.45, 7) is 5.67. The normalized spacial score (nSPS) is 18.7. The minimum Gasteiger partial charge on any atom is -0.354 e. The Morgan fingerprint density at radius 1 is 1.26 bits per heavy atom. The van der Waals surface area contributed by atoms with E-state index in [9.17, 15) is 18.0 Å². The second-order valence-corrected chi connectivity index (χ2v) is 6.91. The zero-order chi connectivity index (χ0) is 19.8. The van der Waals surface area contributed by atoms with E-state index in [1.54, 1.807) is 33.0 Å². The van der Waals surface area contributed by atoms with Gasteiger partial charge in [-0.3, -0.25) is 9.69 Å². The van der Waals surface area contributed by atoms with E-state index in [1.165, 1.54) is 4.90 Å². The van der Waals surface area contributed by atoms with Crippen LogP contribution in [-0.2, 0) is 0 Å². The smallest absolute Gasteiger partial charge is 0.354 e. The summed E-state index contributed by atoms with van der Waals surface area (Å²) in [5, 5.41) is 0. The van der Waals surface area contributed by atoms with Gasteiger partial charge in [0.2, 0.25) is 0 Å². The molecule has 6 nitrogen and oxygen atoms in total. The van der Waals surface area contributed by atoms with Gasteiger partial charge in [-0.15, -0.1) is 0 Å². The summed E-state index contributed by atoms with van der Waals surface area (Å²) in [6, 6.07) is 3.39. The van der Waals surface area contributed by atoms with Crippen LogP contribution >= 0.6 is 0 Å². The Balaban J connectivity index is 1.72. The maximum absolute atomic E-state index is 12.6. The van der Waals surface area contributed by atoms with Crippen LogP contribution < -0.4 is 10.5 Å². The van der Waals surface area contributed by atoms with Crippen molar-refractivity contribution in [2.24, 2.45) is 0 Å². The summed E-state index contributed by atoms with van der Waals surface area (Å²) in [6.07, 6.45) is -2.57. The van der Waals surface area contributed by atoms with E-state index in [2.05, 4.69) is 15.0 Å². The lowest BCUT2D eigenvalue weighted by molar-refractivity contribution is -0.150. The monoisotopic (exact) mass is 381 g/mol. The van der Waals surface area contributed by atoms with Crippen LogP contribution in [0.4, 0.5) is 19.0 Å². The van der Waals surface area contributed by atoms with E-state index in [4.69, 9.17) is 0 Å². The molecule has 1 saturated heterocycles. The quantitative estimate of drug-likeness (QED) is 0.885. The molecule has 0 aromatic carbocycles. The van der Waals surface area contributed by atoms with Gasteiger partial charge in [-0.1, -0.05) is 0 Å². The highest BCUT2D eigenvalue weighted by Crippen LogP contribution is 2.23. The molecule has 0 radical (unpaired) electrons. The number of piperazine rings is 1. The first-order chi connectivity index (χ1) is 12.6. The van der Waals surface area contributed by atoms with E-state index in [0.717, 1.165) is 0 Å². The number of alkyl halides is 3. The highest BCUT2D eigenvalue weighted by molar-refractivity contribution is 5.56. The molecule has 9 heteroatoms. The van der Waals surface area contributed by atoms with Gasteiger partial charge in [0, 0.05) is 48.7 Å². The van der Waals surface area contributed by atoms with Gasteiger partial charge in [0.15, 0.2) is 0 Å². The molecule has 1 unspecified atom stereocenters. The summed E-state index contributed by atoms with van der Waals surface area (Å²) in [4.78, 5) is 26.8. The predicted molar refractivity (Wildman–Crippen MR) is 96.9 cm³/mol. The maximum atomic E-state index is 12.6. The first-order valence-electron chi connectivity index (χ1n) is 8.74. The molecule has 2 aromatic heterocycles. The van der Waals surface area contributed by atoms with E-state index >= 15 is 0 Å². The number of hydrogen-bond donors (Lipinski definition) is 1. The van der Waals surface area contributed by atoms with Crippen molar-refractivity contribution in [2.75, 3.05) is 31.1 Å². The lowest BCUT2D eigenvalue weighted by Gasteiger charge is -2.40. The number of nitrogens with zero attached hydrogens (tertiary/aromatic N) is 4. The van der Waals surface area contributed by atoms with Crippen molar-refractivity contribution in [1.82, 2.24) is 19.9 Å². The number of aromatic amines is 1. The van der Waals surface area contributed by atoms with Gasteiger partial charge in [-0.05, 0) is 32.9 Å². The topological polar surface area (TPSA) is 65.1 Å². The van der Waals surface area contributed by atoms with Crippen molar-refractivity contribution in [3.05, 3.63) is 39.9 Å². The minimum atomic E-state index is -4.19. The Kier molecular flexibility index (Phi) is 5.23. The highest BCUT2D eigenvalue weighted by atomic mass is 19.4. The van der Waals surface area contributed by atoms with Crippen molar-refractivity contribution >= 4 is 5.82 Å². The van der Waals surface area contributed by atoms with Gasteiger partial charge in [0.25, 0.3) is 5.56 Å². The third-order valence-corrected chi connectivity index (χ3v) is 4.89. The molecule has 0 aliphatic carbocycles. The lowest BCUT2D eigenvalue weighted by Crippen LogP contribution is -2.54. The van der Waals surface area contributed by atoms with Crippen molar-refractivity contribution in [1.29, 1.82) is 0 Å². The molecular weight excluding hydrogens is 359 g/mol. The number of pyridine rings is 1. The van der Waals surface area contributed by atoms with Crippen molar-refractivity contribution in [3.8, 4) is 11.4 Å². The molecule has 0 saturated carbocycles. The molecular formula is C18H22F3N5O. The van der Waals surface area contributed by atoms with Gasteiger partial charge >= 0.3 is 6.18 Å². The fourth-order valence-corrected chi connectivity index (χ4v) is 3.16. The number of nitrogens with one attached hydrogen (secondary N) is 1. The van der Waals surface area contributed by atoms with Gasteiger partial charge in [-0.25, -0.2) is 9.97 Å². The van der Waals surface area contributed by atoms with Gasteiger partial charge < -0.3 is 9.88 Å². The largest absolute Gasteiger partial charge is 0.401 e. The molecule has 0 spiro atoms. The van der Waals surface area contributed by atoms with Gasteiger partial charge in [0.1, 0.15) is 11.6 Å². The molecule has 1 fully saturated rings. The molecule has 1 N–H and O–H groups in total. The predicted octanol–water partition coefficient (Wildman–Crippen LogP) is 2.52. The maximum Gasteiger partial charge on any atom is 0.401 e. The van der Waals surface area contributed by atoms with Crippen LogP contribution in [-0.4, -0.2) is 58.2 Å². The standard InChI is InChI=1S/C18H22F3N5O/c1-11-9-25(6-7-26(11)10-18(19,20)21)15-5-4-14(8-22-15)16-23-13(3)12(2)17(27)24-16/h4-5,8,11H,6-7,9-10H2,1-3H3,(H,23,24,27). The summed E-state index contributed by atoms with van der Waals surface area (Å²) < 4.78 is 37.9. The Morgan fingerprint density at radius 3 is 2.56 bits per heavy atom.